The molecule has 0 saturated carbocycles. The Hall–Kier alpha value is -0.620. The molecule has 1 heterocycles. The second-order valence-corrected chi connectivity index (χ2v) is 9.67. The topological polar surface area (TPSA) is 54.4 Å². The van der Waals surface area contributed by atoms with E-state index < -0.39 is 18.8 Å². The Bertz CT molecular complexity index is 435. The summed E-state index contributed by atoms with van der Waals surface area (Å²) in [4.78, 5) is 11.2. The predicted molar refractivity (Wildman–Crippen MR) is 71.8 cm³/mol. The van der Waals surface area contributed by atoms with Crippen molar-refractivity contribution < 1.29 is 11.3 Å². The number of benzene rings is 1. The van der Waals surface area contributed by atoms with Crippen LogP contribution in [0.3, 0.4) is 0 Å². The quantitative estimate of drug-likeness (QED) is 0.585. The molecule has 1 aromatic carbocycles. The standard InChI is InChI=1S/C8H7IO3.C4H10/c10-8-5-9(11,12)7-4-2-1-3-6(7)8;1-4(2)3/h1-4H,5H2,(H,11,12);4H,1-3H3. The molecule has 0 aliphatic carbocycles. The van der Waals surface area contributed by atoms with Gasteiger partial charge in [0.1, 0.15) is 0 Å². The molecule has 1 atom stereocenters. The number of carbonyl (C=O) groups is 1. The van der Waals surface area contributed by atoms with Gasteiger partial charge in [-0.15, -0.1) is 0 Å². The third kappa shape index (κ3) is 3.18. The first kappa shape index (κ1) is 13.4. The fourth-order valence-electron chi connectivity index (χ4n) is 1.25. The Balaban J connectivity index is 0.000000280. The number of fused-ring (bicyclic) bond motifs is 1. The number of rotatable bonds is 0. The van der Waals surface area contributed by atoms with Crippen molar-refractivity contribution in [2.45, 2.75) is 20.8 Å². The van der Waals surface area contributed by atoms with Crippen LogP contribution in [0.4, 0.5) is 0 Å². The summed E-state index contributed by atoms with van der Waals surface area (Å²) in [5, 5.41) is 0. The van der Waals surface area contributed by atoms with Crippen LogP contribution in [0.15, 0.2) is 24.3 Å². The van der Waals surface area contributed by atoms with Gasteiger partial charge in [0.15, 0.2) is 0 Å². The fraction of sp³-hybridized carbons (Fsp3) is 0.417. The van der Waals surface area contributed by atoms with Crippen LogP contribution in [0.1, 0.15) is 31.1 Å². The Labute approximate surface area is 100 Å². The number of hydrogen-bond acceptors (Lipinski definition) is 2. The van der Waals surface area contributed by atoms with Gasteiger partial charge < -0.3 is 0 Å². The van der Waals surface area contributed by atoms with Gasteiger partial charge >= 0.3 is 73.7 Å². The molecule has 4 heteroatoms. The number of alkyl halides is 1. The molecular formula is C12H17IO3. The molecule has 0 bridgehead atoms. The van der Waals surface area contributed by atoms with E-state index >= 15 is 0 Å². The molecule has 3 nitrogen and oxygen atoms in total. The van der Waals surface area contributed by atoms with Gasteiger partial charge in [-0.05, 0) is 5.92 Å². The molecule has 0 spiro atoms. The number of halogens is 1. The van der Waals surface area contributed by atoms with Crippen LogP contribution in [0, 0.1) is 9.49 Å². The van der Waals surface area contributed by atoms with Crippen LogP contribution in [0.5, 0.6) is 0 Å². The Morgan fingerprint density at radius 2 is 1.75 bits per heavy atom. The van der Waals surface area contributed by atoms with E-state index in [1.54, 1.807) is 24.3 Å². The molecule has 0 fully saturated rings. The molecule has 1 aromatic rings. The van der Waals surface area contributed by atoms with Gasteiger partial charge in [-0.2, -0.15) is 0 Å². The summed E-state index contributed by atoms with van der Waals surface area (Å²) in [5.41, 5.74) is 0.436. The first-order valence-corrected chi connectivity index (χ1v) is 9.60. The second kappa shape index (κ2) is 5.14. The summed E-state index contributed by atoms with van der Waals surface area (Å²) < 4.78 is 21.1. The molecule has 1 aliphatic rings. The number of ketones is 1. The van der Waals surface area contributed by atoms with E-state index in [1.165, 1.54) is 0 Å². The van der Waals surface area contributed by atoms with Crippen molar-refractivity contribution in [1.82, 2.24) is 0 Å². The van der Waals surface area contributed by atoms with Crippen LogP contribution in [0.2, 0.25) is 0 Å². The van der Waals surface area contributed by atoms with E-state index in [-0.39, 0.29) is 10.2 Å². The molecule has 1 unspecified atom stereocenters. The zero-order valence-corrected chi connectivity index (χ0v) is 11.9. The summed E-state index contributed by atoms with van der Waals surface area (Å²) in [6.07, 6.45) is 0. The van der Waals surface area contributed by atoms with E-state index in [1.807, 2.05) is 0 Å². The molecule has 16 heavy (non-hydrogen) atoms. The van der Waals surface area contributed by atoms with E-state index in [0.29, 0.717) is 9.13 Å². The molecular weight excluding hydrogens is 319 g/mol. The van der Waals surface area contributed by atoms with Crippen LogP contribution in [-0.2, 0) is 3.07 Å². The summed E-state index contributed by atoms with van der Waals surface area (Å²) >= 11 is -4.04. The van der Waals surface area contributed by atoms with Crippen LogP contribution in [-0.4, -0.2) is 13.6 Å². The molecule has 1 N–H and O–H groups in total. The van der Waals surface area contributed by atoms with Crippen molar-refractivity contribution in [2.75, 3.05) is 4.43 Å². The van der Waals surface area contributed by atoms with Gasteiger partial charge in [-0.3, -0.25) is 0 Å². The first-order valence-electron chi connectivity index (χ1n) is 5.15. The first-order chi connectivity index (χ1) is 7.34. The van der Waals surface area contributed by atoms with E-state index in [2.05, 4.69) is 20.8 Å². The number of carbonyl (C=O) groups excluding carboxylic acids is 1. The van der Waals surface area contributed by atoms with Gasteiger partial charge in [-0.1, -0.05) is 20.8 Å². The van der Waals surface area contributed by atoms with Gasteiger partial charge in [0.05, 0.1) is 0 Å². The van der Waals surface area contributed by atoms with E-state index in [4.69, 9.17) is 0 Å². The second-order valence-electron chi connectivity index (χ2n) is 4.36. The minimum atomic E-state index is -4.04. The maximum atomic E-state index is 11.5. The average Bonchev–Trinajstić information content (AvgIpc) is 2.38. The van der Waals surface area contributed by atoms with E-state index in [9.17, 15) is 11.3 Å². The molecule has 2 rings (SSSR count). The molecule has 0 aromatic heterocycles. The summed E-state index contributed by atoms with van der Waals surface area (Å²) in [6, 6.07) is 6.57. The summed E-state index contributed by atoms with van der Waals surface area (Å²) in [6.45, 7) is 6.50. The molecule has 1 aliphatic heterocycles. The van der Waals surface area contributed by atoms with Crippen LogP contribution < -0.4 is 0 Å². The van der Waals surface area contributed by atoms with Crippen molar-refractivity contribution in [1.29, 1.82) is 0 Å². The van der Waals surface area contributed by atoms with Crippen molar-refractivity contribution in [3.8, 4) is 0 Å². The SMILES string of the molecule is CC(C)C.O=C1CI(=O)(O)c2ccccc21. The van der Waals surface area contributed by atoms with Crippen LogP contribution >= 0.6 is 18.8 Å². The molecule has 0 radical (unpaired) electrons. The minimum absolute atomic E-state index is 0.161. The van der Waals surface area contributed by atoms with Gasteiger partial charge in [-0.25, -0.2) is 0 Å². The van der Waals surface area contributed by atoms with Gasteiger partial charge in [0, 0.05) is 0 Å². The molecule has 0 amide bonds. The zero-order valence-electron chi connectivity index (χ0n) is 9.74. The third-order valence-electron chi connectivity index (χ3n) is 1.79. The van der Waals surface area contributed by atoms with Gasteiger partial charge in [0.25, 0.3) is 0 Å². The Morgan fingerprint density at radius 1 is 1.25 bits per heavy atom. The van der Waals surface area contributed by atoms with Crippen molar-refractivity contribution in [2.24, 2.45) is 5.92 Å². The van der Waals surface area contributed by atoms with Gasteiger partial charge in [0.2, 0.25) is 0 Å². The maximum absolute atomic E-state index is 11.5. The van der Waals surface area contributed by atoms with Crippen molar-refractivity contribution in [3.05, 3.63) is 33.4 Å². The molecule has 90 valence electrons. The number of hydrogen-bond donors (Lipinski definition) is 1. The normalized spacial score (nSPS) is 26.7. The molecule has 0 saturated heterocycles. The monoisotopic (exact) mass is 336 g/mol. The number of Topliss-reactive ketones (excluding diaryl/α,β-unsaturated/α-hetero) is 1. The van der Waals surface area contributed by atoms with Crippen LogP contribution in [0.25, 0.3) is 0 Å². The predicted octanol–water partition coefficient (Wildman–Crippen LogP) is 3.01. The van der Waals surface area contributed by atoms with Crippen molar-refractivity contribution in [3.63, 3.8) is 0 Å². The Morgan fingerprint density at radius 3 is 2.25 bits per heavy atom. The zero-order chi connectivity index (χ0) is 12.3. The summed E-state index contributed by atoms with van der Waals surface area (Å²) in [7, 11) is 0. The summed E-state index contributed by atoms with van der Waals surface area (Å²) in [5.74, 6) is 0.638. The average molecular weight is 336 g/mol. The van der Waals surface area contributed by atoms with Crippen molar-refractivity contribution >= 4 is 24.6 Å². The third-order valence-corrected chi connectivity index (χ3v) is 6.28. The fourth-order valence-corrected chi connectivity index (χ4v) is 5.17. The van der Waals surface area contributed by atoms with E-state index in [0.717, 1.165) is 5.92 Å². The Kier molecular flexibility index (Phi) is 4.32.